The van der Waals surface area contributed by atoms with Crippen molar-refractivity contribution in [2.24, 2.45) is 5.73 Å². The van der Waals surface area contributed by atoms with Gasteiger partial charge in [0.2, 0.25) is 0 Å². The SMILES string of the molecule is Cc1ncccc1Cc1sc(C(=O)NCCc2ccccc2)c2c1C(=S)C(=CN)CC2. The molecular weight excluding hydrogens is 422 g/mol. The Morgan fingerprint density at radius 2 is 2.03 bits per heavy atom. The van der Waals surface area contributed by atoms with E-state index in [2.05, 4.69) is 28.5 Å². The highest BCUT2D eigenvalue weighted by molar-refractivity contribution is 7.81. The Labute approximate surface area is 192 Å². The van der Waals surface area contributed by atoms with Crippen molar-refractivity contribution in [2.45, 2.75) is 32.6 Å². The third kappa shape index (κ3) is 4.60. The average molecular weight is 448 g/mol. The number of rotatable bonds is 6. The number of aryl methyl sites for hydroxylation is 1. The van der Waals surface area contributed by atoms with E-state index in [4.69, 9.17) is 18.0 Å². The molecule has 2 aromatic heterocycles. The lowest BCUT2D eigenvalue weighted by Crippen LogP contribution is -2.26. The third-order valence-electron chi connectivity index (χ3n) is 5.66. The van der Waals surface area contributed by atoms with Gasteiger partial charge in [-0.15, -0.1) is 11.3 Å². The summed E-state index contributed by atoms with van der Waals surface area (Å²) in [5.41, 5.74) is 12.3. The van der Waals surface area contributed by atoms with Crippen LogP contribution in [0.2, 0.25) is 0 Å². The van der Waals surface area contributed by atoms with E-state index in [9.17, 15) is 4.79 Å². The Hall–Kier alpha value is -2.83. The van der Waals surface area contributed by atoms with E-state index in [1.54, 1.807) is 23.7 Å². The lowest BCUT2D eigenvalue weighted by molar-refractivity contribution is 0.0957. The quantitative estimate of drug-likeness (QED) is 0.431. The average Bonchev–Trinajstić information content (AvgIpc) is 3.15. The highest BCUT2D eigenvalue weighted by Crippen LogP contribution is 2.38. The van der Waals surface area contributed by atoms with Crippen molar-refractivity contribution < 1.29 is 4.79 Å². The van der Waals surface area contributed by atoms with Crippen LogP contribution in [0.5, 0.6) is 0 Å². The number of nitrogens with one attached hydrogen (secondary N) is 1. The van der Waals surface area contributed by atoms with Gasteiger partial charge in [-0.25, -0.2) is 0 Å². The first-order valence-corrected chi connectivity index (χ1v) is 11.6. The monoisotopic (exact) mass is 447 g/mol. The van der Waals surface area contributed by atoms with Crippen LogP contribution in [-0.2, 0) is 19.3 Å². The van der Waals surface area contributed by atoms with Gasteiger partial charge in [0.1, 0.15) is 0 Å². The Balaban J connectivity index is 1.61. The Morgan fingerprint density at radius 1 is 1.23 bits per heavy atom. The second kappa shape index (κ2) is 9.54. The minimum atomic E-state index is -0.0192. The van der Waals surface area contributed by atoms with Gasteiger partial charge in [-0.05, 0) is 60.7 Å². The molecule has 2 heterocycles. The Morgan fingerprint density at radius 3 is 2.77 bits per heavy atom. The molecular formula is C25H25N3OS2. The molecule has 31 heavy (non-hydrogen) atoms. The molecule has 0 fully saturated rings. The van der Waals surface area contributed by atoms with Crippen LogP contribution in [0.15, 0.2) is 60.4 Å². The lowest BCUT2D eigenvalue weighted by Gasteiger charge is -2.19. The molecule has 0 atom stereocenters. The summed E-state index contributed by atoms with van der Waals surface area (Å²) >= 11 is 7.33. The van der Waals surface area contributed by atoms with E-state index in [1.165, 1.54) is 5.56 Å². The van der Waals surface area contributed by atoms with Gasteiger partial charge < -0.3 is 11.1 Å². The number of thiophene rings is 1. The van der Waals surface area contributed by atoms with Crippen molar-refractivity contribution >= 4 is 34.3 Å². The van der Waals surface area contributed by atoms with Gasteiger partial charge in [-0.3, -0.25) is 9.78 Å². The summed E-state index contributed by atoms with van der Waals surface area (Å²) in [6.07, 6.45) is 6.48. The fourth-order valence-corrected chi connectivity index (χ4v) is 5.72. The molecule has 3 aromatic rings. The normalized spacial score (nSPS) is 14.5. The van der Waals surface area contributed by atoms with Crippen molar-refractivity contribution in [3.63, 3.8) is 0 Å². The summed E-state index contributed by atoms with van der Waals surface area (Å²) in [4.78, 5) is 20.2. The number of carbonyl (C=O) groups is 1. The highest BCUT2D eigenvalue weighted by atomic mass is 32.1. The molecule has 1 amide bonds. The number of pyridine rings is 1. The van der Waals surface area contributed by atoms with Crippen LogP contribution in [0.25, 0.3) is 0 Å². The number of nitrogens with two attached hydrogens (primary N) is 1. The van der Waals surface area contributed by atoms with Crippen molar-refractivity contribution in [3.05, 3.63) is 98.1 Å². The van der Waals surface area contributed by atoms with Crippen molar-refractivity contribution in [2.75, 3.05) is 6.54 Å². The summed E-state index contributed by atoms with van der Waals surface area (Å²) in [5, 5.41) is 3.10. The molecule has 1 aromatic carbocycles. The van der Waals surface area contributed by atoms with Crippen LogP contribution in [-0.4, -0.2) is 22.3 Å². The molecule has 1 aliphatic carbocycles. The zero-order chi connectivity index (χ0) is 21.8. The predicted octanol–water partition coefficient (Wildman–Crippen LogP) is 4.52. The number of aromatic nitrogens is 1. The zero-order valence-corrected chi connectivity index (χ0v) is 19.1. The standard InChI is InChI=1S/C25H25N3OS2/c1-16-18(8-5-12-27-16)14-21-22-20(10-9-19(15-26)23(22)30)24(31-21)25(29)28-13-11-17-6-3-2-4-7-17/h2-8,12,15H,9-11,13-14,26H2,1H3,(H,28,29). The molecule has 0 saturated heterocycles. The van der Waals surface area contributed by atoms with Gasteiger partial charge in [0.15, 0.2) is 0 Å². The maximum Gasteiger partial charge on any atom is 0.261 e. The summed E-state index contributed by atoms with van der Waals surface area (Å²) in [6, 6.07) is 14.2. The molecule has 0 saturated carbocycles. The third-order valence-corrected chi connectivity index (χ3v) is 7.36. The van der Waals surface area contributed by atoms with Crippen LogP contribution in [0.4, 0.5) is 0 Å². The van der Waals surface area contributed by atoms with Crippen LogP contribution in [0, 0.1) is 6.92 Å². The van der Waals surface area contributed by atoms with Gasteiger partial charge in [-0.1, -0.05) is 48.6 Å². The first-order valence-electron chi connectivity index (χ1n) is 10.4. The van der Waals surface area contributed by atoms with Crippen LogP contribution >= 0.6 is 23.6 Å². The number of hydrogen-bond donors (Lipinski definition) is 2. The van der Waals surface area contributed by atoms with E-state index >= 15 is 0 Å². The second-order valence-corrected chi connectivity index (χ2v) is 9.16. The lowest BCUT2D eigenvalue weighted by atomic mass is 9.87. The molecule has 3 N–H and O–H groups in total. The number of hydrogen-bond acceptors (Lipinski definition) is 5. The van der Waals surface area contributed by atoms with E-state index < -0.39 is 0 Å². The molecule has 0 radical (unpaired) electrons. The molecule has 0 unspecified atom stereocenters. The fourth-order valence-electron chi connectivity index (χ4n) is 3.94. The van der Waals surface area contributed by atoms with Gasteiger partial charge in [0, 0.05) is 35.3 Å². The minimum Gasteiger partial charge on any atom is -0.404 e. The van der Waals surface area contributed by atoms with E-state index in [-0.39, 0.29) is 5.91 Å². The zero-order valence-electron chi connectivity index (χ0n) is 17.5. The van der Waals surface area contributed by atoms with Gasteiger partial charge in [-0.2, -0.15) is 0 Å². The number of thiocarbonyl (C=S) groups is 1. The number of benzene rings is 1. The fraction of sp³-hybridized carbons (Fsp3) is 0.240. The molecule has 0 aliphatic heterocycles. The number of amides is 1. The first kappa shape index (κ1) is 21.4. The van der Waals surface area contributed by atoms with Crippen molar-refractivity contribution in [1.29, 1.82) is 0 Å². The Bertz CT molecular complexity index is 1150. The predicted molar refractivity (Wildman–Crippen MR) is 131 cm³/mol. The van der Waals surface area contributed by atoms with E-state index in [0.717, 1.165) is 61.8 Å². The smallest absolute Gasteiger partial charge is 0.261 e. The maximum atomic E-state index is 13.1. The number of fused-ring (bicyclic) bond motifs is 1. The van der Waals surface area contributed by atoms with Crippen LogP contribution < -0.4 is 11.1 Å². The highest BCUT2D eigenvalue weighted by Gasteiger charge is 2.29. The van der Waals surface area contributed by atoms with Crippen molar-refractivity contribution in [3.8, 4) is 0 Å². The maximum absolute atomic E-state index is 13.1. The van der Waals surface area contributed by atoms with Crippen molar-refractivity contribution in [1.82, 2.24) is 10.3 Å². The summed E-state index contributed by atoms with van der Waals surface area (Å²) in [7, 11) is 0. The summed E-state index contributed by atoms with van der Waals surface area (Å²) < 4.78 is 0. The molecule has 0 bridgehead atoms. The van der Waals surface area contributed by atoms with Crippen LogP contribution in [0.3, 0.4) is 0 Å². The number of nitrogens with zero attached hydrogens (tertiary/aromatic N) is 1. The minimum absolute atomic E-state index is 0.0192. The first-order chi connectivity index (χ1) is 15.1. The largest absolute Gasteiger partial charge is 0.404 e. The van der Waals surface area contributed by atoms with Gasteiger partial charge in [0.25, 0.3) is 5.91 Å². The second-order valence-electron chi connectivity index (χ2n) is 7.65. The molecule has 4 rings (SSSR count). The number of carbonyl (C=O) groups excluding carboxylic acids is 1. The van der Waals surface area contributed by atoms with E-state index in [0.29, 0.717) is 13.0 Å². The van der Waals surface area contributed by atoms with E-state index in [1.807, 2.05) is 31.2 Å². The molecule has 1 aliphatic rings. The van der Waals surface area contributed by atoms with Crippen LogP contribution in [0.1, 0.15) is 48.9 Å². The Kier molecular flexibility index (Phi) is 6.59. The van der Waals surface area contributed by atoms with Gasteiger partial charge in [0.05, 0.1) is 9.74 Å². The summed E-state index contributed by atoms with van der Waals surface area (Å²) in [6.45, 7) is 2.61. The number of allylic oxidation sites excluding steroid dienone is 1. The summed E-state index contributed by atoms with van der Waals surface area (Å²) in [5.74, 6) is -0.0192. The van der Waals surface area contributed by atoms with Gasteiger partial charge >= 0.3 is 0 Å². The molecule has 0 spiro atoms. The molecule has 4 nitrogen and oxygen atoms in total. The molecule has 158 valence electrons. The topological polar surface area (TPSA) is 68.0 Å². The molecule has 6 heteroatoms.